The summed E-state index contributed by atoms with van der Waals surface area (Å²) in [7, 11) is -1.37. The molecule has 1 heterocycles. The van der Waals surface area contributed by atoms with Gasteiger partial charge in [-0.15, -0.1) is 0 Å². The monoisotopic (exact) mass is 347 g/mol. The number of furan rings is 1. The molecule has 1 atom stereocenters. The molecule has 0 saturated heterocycles. The fourth-order valence-electron chi connectivity index (χ4n) is 2.44. The second-order valence-electron chi connectivity index (χ2n) is 5.09. The normalized spacial score (nSPS) is 12.4. The van der Waals surface area contributed by atoms with E-state index in [1.54, 1.807) is 0 Å². The summed E-state index contributed by atoms with van der Waals surface area (Å²) < 4.78 is 17.9. The number of rotatable bonds is 5. The molecule has 3 rings (SSSR count). The number of hydrogen-bond acceptors (Lipinski definition) is 3. The minimum Gasteiger partial charge on any atom is -0.454 e. The average Bonchev–Trinajstić information content (AvgIpc) is 2.84. The van der Waals surface area contributed by atoms with Crippen LogP contribution in [-0.2, 0) is 21.3 Å². The molecule has 3 aromatic rings. The Kier molecular flexibility index (Phi) is 4.50. The van der Waals surface area contributed by atoms with Crippen molar-refractivity contribution >= 4 is 39.3 Å². The van der Waals surface area contributed by atoms with Gasteiger partial charge in [0.2, 0.25) is 5.91 Å². The van der Waals surface area contributed by atoms with E-state index in [9.17, 15) is 9.00 Å². The SMILES string of the molecule is NC(=O)CS(=O)Cc1ccccc1-c1oc2ccccc2c1Cl. The highest BCUT2D eigenvalue weighted by Crippen LogP contribution is 2.38. The van der Waals surface area contributed by atoms with E-state index in [4.69, 9.17) is 21.8 Å². The second kappa shape index (κ2) is 6.56. The van der Waals surface area contributed by atoms with Crippen molar-refractivity contribution in [2.24, 2.45) is 5.73 Å². The number of benzene rings is 2. The summed E-state index contributed by atoms with van der Waals surface area (Å²) in [5.74, 6) is 0.0106. The van der Waals surface area contributed by atoms with Gasteiger partial charge >= 0.3 is 0 Å². The number of primary amides is 1. The van der Waals surface area contributed by atoms with Crippen LogP contribution in [0.15, 0.2) is 52.9 Å². The lowest BCUT2D eigenvalue weighted by Gasteiger charge is -2.07. The minimum absolute atomic E-state index is 0.164. The molecule has 0 bridgehead atoms. The maximum Gasteiger partial charge on any atom is 0.230 e. The Labute approximate surface area is 140 Å². The van der Waals surface area contributed by atoms with E-state index in [0.29, 0.717) is 16.4 Å². The second-order valence-corrected chi connectivity index (χ2v) is 6.93. The number of carbonyl (C=O) groups is 1. The summed E-state index contributed by atoms with van der Waals surface area (Å²) in [6.07, 6.45) is 0. The summed E-state index contributed by atoms with van der Waals surface area (Å²) >= 11 is 6.44. The van der Waals surface area contributed by atoms with Crippen molar-refractivity contribution in [1.29, 1.82) is 0 Å². The zero-order chi connectivity index (χ0) is 16.4. The van der Waals surface area contributed by atoms with E-state index < -0.39 is 16.7 Å². The molecular formula is C17H14ClNO3S. The van der Waals surface area contributed by atoms with Crippen LogP contribution in [0.25, 0.3) is 22.3 Å². The highest BCUT2D eigenvalue weighted by atomic mass is 35.5. The lowest BCUT2D eigenvalue weighted by Crippen LogP contribution is -2.20. The molecule has 0 radical (unpaired) electrons. The number of carbonyl (C=O) groups excluding carboxylic acids is 1. The Morgan fingerprint density at radius 1 is 1.13 bits per heavy atom. The Balaban J connectivity index is 2.04. The number of hydrogen-bond donors (Lipinski definition) is 1. The molecule has 6 heteroatoms. The van der Waals surface area contributed by atoms with Crippen molar-refractivity contribution in [2.45, 2.75) is 5.75 Å². The molecule has 0 saturated carbocycles. The fraction of sp³-hybridized carbons (Fsp3) is 0.118. The van der Waals surface area contributed by atoms with E-state index in [1.807, 2.05) is 48.5 Å². The molecule has 0 spiro atoms. The summed E-state index contributed by atoms with van der Waals surface area (Å²) in [6, 6.07) is 14.9. The maximum absolute atomic E-state index is 12.0. The highest BCUT2D eigenvalue weighted by Gasteiger charge is 2.17. The van der Waals surface area contributed by atoms with Gasteiger partial charge < -0.3 is 10.2 Å². The minimum atomic E-state index is -1.37. The standard InChI is InChI=1S/C17H14ClNO3S/c18-16-13-7-3-4-8-14(13)22-17(16)12-6-2-1-5-11(12)9-23(21)10-15(19)20/h1-8H,9-10H2,(H2,19,20). The molecule has 1 unspecified atom stereocenters. The summed E-state index contributed by atoms with van der Waals surface area (Å²) in [6.45, 7) is 0. The molecule has 2 N–H and O–H groups in total. The van der Waals surface area contributed by atoms with Gasteiger partial charge in [-0.25, -0.2) is 0 Å². The van der Waals surface area contributed by atoms with Gasteiger partial charge in [0.15, 0.2) is 5.76 Å². The lowest BCUT2D eigenvalue weighted by molar-refractivity contribution is -0.115. The van der Waals surface area contributed by atoms with Crippen LogP contribution in [0.1, 0.15) is 5.56 Å². The first-order valence-electron chi connectivity index (χ1n) is 6.95. The third-order valence-electron chi connectivity index (χ3n) is 3.42. The maximum atomic E-state index is 12.0. The molecule has 0 aliphatic heterocycles. The van der Waals surface area contributed by atoms with Crippen LogP contribution >= 0.6 is 11.6 Å². The molecule has 23 heavy (non-hydrogen) atoms. The van der Waals surface area contributed by atoms with E-state index in [2.05, 4.69) is 0 Å². The van der Waals surface area contributed by atoms with E-state index in [0.717, 1.165) is 16.5 Å². The van der Waals surface area contributed by atoms with Crippen molar-refractivity contribution < 1.29 is 13.4 Å². The van der Waals surface area contributed by atoms with Crippen LogP contribution in [0.3, 0.4) is 0 Å². The topological polar surface area (TPSA) is 73.3 Å². The molecule has 1 aromatic heterocycles. The third-order valence-corrected chi connectivity index (χ3v) is 5.03. The lowest BCUT2D eigenvalue weighted by atomic mass is 10.1. The largest absolute Gasteiger partial charge is 0.454 e. The van der Waals surface area contributed by atoms with Gasteiger partial charge in [0.25, 0.3) is 0 Å². The van der Waals surface area contributed by atoms with Crippen molar-refractivity contribution in [1.82, 2.24) is 0 Å². The molecule has 118 valence electrons. The Morgan fingerprint density at radius 3 is 2.57 bits per heavy atom. The van der Waals surface area contributed by atoms with Crippen LogP contribution in [0, 0.1) is 0 Å². The first-order valence-corrected chi connectivity index (χ1v) is 8.81. The number of amides is 1. The average molecular weight is 348 g/mol. The van der Waals surface area contributed by atoms with Gasteiger partial charge in [0.05, 0.1) is 5.02 Å². The zero-order valence-electron chi connectivity index (χ0n) is 12.1. The molecular weight excluding hydrogens is 334 g/mol. The van der Waals surface area contributed by atoms with Gasteiger partial charge in [-0.1, -0.05) is 48.0 Å². The molecule has 0 fully saturated rings. The van der Waals surface area contributed by atoms with Gasteiger partial charge in [0, 0.05) is 27.5 Å². The quantitative estimate of drug-likeness (QED) is 0.767. The van der Waals surface area contributed by atoms with Crippen LogP contribution in [0.5, 0.6) is 0 Å². The van der Waals surface area contributed by atoms with Crippen molar-refractivity contribution in [3.8, 4) is 11.3 Å². The fourth-order valence-corrected chi connectivity index (χ4v) is 3.75. The number of fused-ring (bicyclic) bond motifs is 1. The third kappa shape index (κ3) is 3.30. The molecule has 0 aliphatic carbocycles. The predicted octanol–water partition coefficient (Wildman–Crippen LogP) is 3.49. The van der Waals surface area contributed by atoms with E-state index >= 15 is 0 Å². The van der Waals surface area contributed by atoms with Gasteiger partial charge in [-0.2, -0.15) is 0 Å². The van der Waals surface area contributed by atoms with Crippen LogP contribution in [0.2, 0.25) is 5.02 Å². The van der Waals surface area contributed by atoms with Crippen molar-refractivity contribution in [2.75, 3.05) is 5.75 Å². The van der Waals surface area contributed by atoms with E-state index in [-0.39, 0.29) is 11.5 Å². The first kappa shape index (κ1) is 15.8. The number of halogens is 1. The molecule has 4 nitrogen and oxygen atoms in total. The first-order chi connectivity index (χ1) is 11.1. The Bertz CT molecular complexity index is 904. The Hall–Kier alpha value is -2.11. The van der Waals surface area contributed by atoms with E-state index in [1.165, 1.54) is 0 Å². The summed E-state index contributed by atoms with van der Waals surface area (Å²) in [4.78, 5) is 10.9. The van der Waals surface area contributed by atoms with Gasteiger partial charge in [-0.05, 0) is 17.7 Å². The molecule has 0 aliphatic rings. The molecule has 1 amide bonds. The van der Waals surface area contributed by atoms with Crippen molar-refractivity contribution in [3.63, 3.8) is 0 Å². The molecule has 2 aromatic carbocycles. The van der Waals surface area contributed by atoms with Crippen LogP contribution in [0.4, 0.5) is 0 Å². The summed E-state index contributed by atoms with van der Waals surface area (Å²) in [5.41, 5.74) is 7.36. The van der Waals surface area contributed by atoms with Crippen molar-refractivity contribution in [3.05, 3.63) is 59.1 Å². The predicted molar refractivity (Wildman–Crippen MR) is 92.6 cm³/mol. The zero-order valence-corrected chi connectivity index (χ0v) is 13.7. The van der Waals surface area contributed by atoms with Gasteiger partial charge in [-0.3, -0.25) is 9.00 Å². The summed E-state index contributed by atoms with van der Waals surface area (Å²) in [5, 5.41) is 1.35. The van der Waals surface area contributed by atoms with Gasteiger partial charge in [0.1, 0.15) is 11.3 Å². The van der Waals surface area contributed by atoms with Crippen LogP contribution in [-0.4, -0.2) is 15.9 Å². The Morgan fingerprint density at radius 2 is 1.83 bits per heavy atom. The van der Waals surface area contributed by atoms with Crippen LogP contribution < -0.4 is 5.73 Å². The number of nitrogens with two attached hydrogens (primary N) is 1. The smallest absolute Gasteiger partial charge is 0.230 e. The highest BCUT2D eigenvalue weighted by molar-refractivity contribution is 7.84. The number of para-hydroxylation sites is 1.